The maximum absolute atomic E-state index is 12.9. The van der Waals surface area contributed by atoms with E-state index in [0.717, 1.165) is 12.1 Å². The monoisotopic (exact) mass is 376 g/mol. The quantitative estimate of drug-likeness (QED) is 0.649. The zero-order chi connectivity index (χ0) is 18.7. The van der Waals surface area contributed by atoms with Crippen LogP contribution in [-0.4, -0.2) is 14.7 Å². The number of alkyl halides is 3. The smallest absolute Gasteiger partial charge is 0.337 e. The molecule has 134 valence electrons. The SMILES string of the molecule is O=C(S)c1ccccc1C(Cn1ccnc1)c1ccc(C(F)(F)F)cc1. The molecule has 0 aliphatic heterocycles. The van der Waals surface area contributed by atoms with Crippen LogP contribution in [0.25, 0.3) is 0 Å². The van der Waals surface area contributed by atoms with Crippen molar-refractivity contribution in [3.63, 3.8) is 0 Å². The molecule has 0 bridgehead atoms. The summed E-state index contributed by atoms with van der Waals surface area (Å²) < 4.78 is 40.4. The lowest BCUT2D eigenvalue weighted by molar-refractivity contribution is -0.137. The van der Waals surface area contributed by atoms with E-state index in [9.17, 15) is 18.0 Å². The third-order valence-electron chi connectivity index (χ3n) is 4.16. The highest BCUT2D eigenvalue weighted by atomic mass is 32.1. The van der Waals surface area contributed by atoms with Gasteiger partial charge in [0.2, 0.25) is 5.12 Å². The third kappa shape index (κ3) is 3.99. The predicted molar refractivity (Wildman–Crippen MR) is 95.3 cm³/mol. The molecule has 0 amide bonds. The first-order valence-electron chi connectivity index (χ1n) is 7.81. The van der Waals surface area contributed by atoms with Gasteiger partial charge in [0.05, 0.1) is 11.9 Å². The van der Waals surface area contributed by atoms with Gasteiger partial charge in [0, 0.05) is 30.4 Å². The Hall–Kier alpha value is -2.54. The fraction of sp³-hybridized carbons (Fsp3) is 0.158. The number of carbonyl (C=O) groups excluding carboxylic acids is 1. The summed E-state index contributed by atoms with van der Waals surface area (Å²) in [5.41, 5.74) is 1.11. The Morgan fingerprint density at radius 3 is 2.38 bits per heavy atom. The Morgan fingerprint density at radius 2 is 1.81 bits per heavy atom. The minimum Gasteiger partial charge on any atom is -0.337 e. The Morgan fingerprint density at radius 1 is 1.12 bits per heavy atom. The van der Waals surface area contributed by atoms with E-state index in [1.165, 1.54) is 12.1 Å². The lowest BCUT2D eigenvalue weighted by Crippen LogP contribution is -2.13. The summed E-state index contributed by atoms with van der Waals surface area (Å²) in [6.45, 7) is 0.434. The molecule has 1 heterocycles. The molecule has 1 unspecified atom stereocenters. The Bertz CT molecular complexity index is 890. The molecule has 0 spiro atoms. The highest BCUT2D eigenvalue weighted by molar-refractivity contribution is 7.97. The van der Waals surface area contributed by atoms with Gasteiger partial charge in [-0.2, -0.15) is 13.2 Å². The van der Waals surface area contributed by atoms with Gasteiger partial charge in [0.25, 0.3) is 0 Å². The second-order valence-electron chi connectivity index (χ2n) is 5.82. The van der Waals surface area contributed by atoms with Crippen LogP contribution in [0.5, 0.6) is 0 Å². The molecule has 0 fully saturated rings. The fourth-order valence-corrected chi connectivity index (χ4v) is 3.09. The van der Waals surface area contributed by atoms with Crippen molar-refractivity contribution in [2.45, 2.75) is 18.6 Å². The maximum atomic E-state index is 12.9. The van der Waals surface area contributed by atoms with Crippen molar-refractivity contribution in [2.75, 3.05) is 0 Å². The molecular formula is C19H15F3N2OS. The number of rotatable bonds is 5. The van der Waals surface area contributed by atoms with Crippen molar-refractivity contribution in [3.8, 4) is 0 Å². The molecule has 26 heavy (non-hydrogen) atoms. The molecule has 0 saturated heterocycles. The third-order valence-corrected chi connectivity index (χ3v) is 4.40. The first kappa shape index (κ1) is 18.3. The van der Waals surface area contributed by atoms with Crippen LogP contribution >= 0.6 is 12.6 Å². The fourth-order valence-electron chi connectivity index (χ4n) is 2.89. The number of imidazole rings is 1. The maximum Gasteiger partial charge on any atom is 0.416 e. The van der Waals surface area contributed by atoms with Gasteiger partial charge in [-0.3, -0.25) is 4.79 Å². The van der Waals surface area contributed by atoms with Crippen molar-refractivity contribution in [2.24, 2.45) is 0 Å². The van der Waals surface area contributed by atoms with Gasteiger partial charge in [-0.1, -0.05) is 36.4 Å². The van der Waals surface area contributed by atoms with E-state index >= 15 is 0 Å². The van der Waals surface area contributed by atoms with Gasteiger partial charge < -0.3 is 4.57 Å². The van der Waals surface area contributed by atoms with Crippen molar-refractivity contribution in [3.05, 3.63) is 89.5 Å². The van der Waals surface area contributed by atoms with Gasteiger partial charge in [-0.05, 0) is 23.3 Å². The standard InChI is InChI=1S/C19H15F3N2OS/c20-19(21,22)14-7-5-13(6-8-14)17(11-24-10-9-23-12-24)15-3-1-2-4-16(15)18(25)26/h1-10,12,17H,11H2,(H,25,26). The van der Waals surface area contributed by atoms with E-state index in [1.807, 2.05) is 4.57 Å². The predicted octanol–water partition coefficient (Wildman–Crippen LogP) is 4.80. The first-order valence-corrected chi connectivity index (χ1v) is 8.26. The zero-order valence-corrected chi connectivity index (χ0v) is 14.4. The second-order valence-corrected chi connectivity index (χ2v) is 6.23. The first-order chi connectivity index (χ1) is 12.4. The van der Waals surface area contributed by atoms with E-state index in [1.54, 1.807) is 43.0 Å². The number of halogens is 3. The topological polar surface area (TPSA) is 34.9 Å². The van der Waals surface area contributed by atoms with Crippen molar-refractivity contribution in [1.29, 1.82) is 0 Å². The molecule has 1 aromatic heterocycles. The number of nitrogens with zero attached hydrogens (tertiary/aromatic N) is 2. The van der Waals surface area contributed by atoms with E-state index < -0.39 is 11.7 Å². The van der Waals surface area contributed by atoms with Crippen LogP contribution in [0.1, 0.15) is 33.0 Å². The number of hydrogen-bond donors (Lipinski definition) is 1. The van der Waals surface area contributed by atoms with Crippen LogP contribution in [-0.2, 0) is 12.7 Å². The molecule has 1 atom stereocenters. The molecule has 3 aromatic rings. The normalized spacial score (nSPS) is 12.8. The van der Waals surface area contributed by atoms with Gasteiger partial charge >= 0.3 is 6.18 Å². The van der Waals surface area contributed by atoms with Gasteiger partial charge in [-0.15, -0.1) is 12.6 Å². The summed E-state index contributed by atoms with van der Waals surface area (Å²) in [5.74, 6) is -0.321. The van der Waals surface area contributed by atoms with Crippen molar-refractivity contribution < 1.29 is 18.0 Å². The molecule has 3 rings (SSSR count). The Labute approximate surface area is 153 Å². The number of thiol groups is 1. The average molecular weight is 376 g/mol. The van der Waals surface area contributed by atoms with E-state index in [2.05, 4.69) is 17.6 Å². The summed E-state index contributed by atoms with van der Waals surface area (Å²) in [4.78, 5) is 15.9. The summed E-state index contributed by atoms with van der Waals surface area (Å²) in [7, 11) is 0. The van der Waals surface area contributed by atoms with E-state index in [-0.39, 0.29) is 11.0 Å². The lowest BCUT2D eigenvalue weighted by Gasteiger charge is -2.21. The molecule has 7 heteroatoms. The summed E-state index contributed by atoms with van der Waals surface area (Å²) >= 11 is 3.93. The van der Waals surface area contributed by atoms with Crippen molar-refractivity contribution in [1.82, 2.24) is 9.55 Å². The van der Waals surface area contributed by atoms with Crippen LogP contribution in [0.4, 0.5) is 13.2 Å². The van der Waals surface area contributed by atoms with Crippen LogP contribution in [0.15, 0.2) is 67.3 Å². The summed E-state index contributed by atoms with van der Waals surface area (Å²) in [5, 5.41) is -0.386. The number of benzene rings is 2. The highest BCUT2D eigenvalue weighted by Gasteiger charge is 2.30. The lowest BCUT2D eigenvalue weighted by atomic mass is 9.87. The minimum atomic E-state index is -4.39. The zero-order valence-electron chi connectivity index (χ0n) is 13.5. The summed E-state index contributed by atoms with van der Waals surface area (Å²) in [6.07, 6.45) is 0.626. The van der Waals surface area contributed by atoms with Crippen LogP contribution < -0.4 is 0 Å². The van der Waals surface area contributed by atoms with Gasteiger partial charge in [-0.25, -0.2) is 4.98 Å². The number of hydrogen-bond acceptors (Lipinski definition) is 2. The molecule has 0 aliphatic rings. The average Bonchev–Trinajstić information content (AvgIpc) is 3.12. The number of aromatic nitrogens is 2. The molecule has 0 radical (unpaired) electrons. The second kappa shape index (κ2) is 7.37. The molecular weight excluding hydrogens is 361 g/mol. The molecule has 0 aliphatic carbocycles. The molecule has 2 aromatic carbocycles. The van der Waals surface area contributed by atoms with Gasteiger partial charge in [0.1, 0.15) is 0 Å². The summed E-state index contributed by atoms with van der Waals surface area (Å²) in [6, 6.07) is 12.0. The van der Waals surface area contributed by atoms with Crippen LogP contribution in [0.2, 0.25) is 0 Å². The van der Waals surface area contributed by atoms with E-state index in [4.69, 9.17) is 0 Å². The Balaban J connectivity index is 2.06. The van der Waals surface area contributed by atoms with Crippen molar-refractivity contribution >= 4 is 17.7 Å². The largest absolute Gasteiger partial charge is 0.416 e. The molecule has 3 nitrogen and oxygen atoms in total. The molecule has 0 saturated carbocycles. The minimum absolute atomic E-state index is 0.321. The van der Waals surface area contributed by atoms with Crippen LogP contribution in [0, 0.1) is 0 Å². The van der Waals surface area contributed by atoms with Gasteiger partial charge in [0.15, 0.2) is 0 Å². The Kier molecular flexibility index (Phi) is 5.18. The highest BCUT2D eigenvalue weighted by Crippen LogP contribution is 2.33. The van der Waals surface area contributed by atoms with E-state index in [0.29, 0.717) is 23.2 Å². The van der Waals surface area contributed by atoms with Crippen LogP contribution in [0.3, 0.4) is 0 Å². The molecule has 0 N–H and O–H groups in total. The number of carbonyl (C=O) groups is 1.